The smallest absolute Gasteiger partial charge is 0.272 e. The third kappa shape index (κ3) is 3.36. The van der Waals surface area contributed by atoms with Gasteiger partial charge in [-0.25, -0.2) is 19.2 Å². The lowest BCUT2D eigenvalue weighted by Crippen LogP contribution is -2.24. The summed E-state index contributed by atoms with van der Waals surface area (Å²) < 4.78 is 15.4. The van der Waals surface area contributed by atoms with Crippen LogP contribution in [-0.4, -0.2) is 43.2 Å². The molecule has 0 amide bonds. The van der Waals surface area contributed by atoms with Gasteiger partial charge in [0, 0.05) is 36.7 Å². The topological polar surface area (TPSA) is 109 Å². The molecule has 0 saturated carbocycles. The Bertz CT molecular complexity index is 1280. The standard InChI is InChI=1S/C22H21FN6O2/c23-14-7-5-13(6-8-14)16-11-24-17-4-1-3-15-18(17)20(27-28-22(15)31)19(16)21-25-12-26-29(21)9-2-10-30/h1,3-8,12,16,19,24,30H,2,9-11H2,(H,28,31). The highest BCUT2D eigenvalue weighted by molar-refractivity contribution is 5.96. The lowest BCUT2D eigenvalue weighted by Gasteiger charge is -2.25. The Morgan fingerprint density at radius 2 is 2.03 bits per heavy atom. The van der Waals surface area contributed by atoms with Gasteiger partial charge in [0.25, 0.3) is 5.56 Å². The van der Waals surface area contributed by atoms with Gasteiger partial charge in [-0.15, -0.1) is 0 Å². The van der Waals surface area contributed by atoms with Crippen LogP contribution < -0.4 is 10.9 Å². The Kier molecular flexibility index (Phi) is 4.95. The molecule has 1 aliphatic heterocycles. The summed E-state index contributed by atoms with van der Waals surface area (Å²) in [5.74, 6) is -0.114. The van der Waals surface area contributed by atoms with Crippen molar-refractivity contribution in [1.82, 2.24) is 25.0 Å². The molecule has 3 N–H and O–H groups in total. The van der Waals surface area contributed by atoms with Crippen molar-refractivity contribution in [3.05, 3.63) is 82.0 Å². The minimum atomic E-state index is -0.345. The van der Waals surface area contributed by atoms with Crippen molar-refractivity contribution < 1.29 is 9.50 Å². The van der Waals surface area contributed by atoms with E-state index >= 15 is 0 Å². The second-order valence-corrected chi connectivity index (χ2v) is 7.60. The quantitative estimate of drug-likeness (QED) is 0.457. The molecule has 0 radical (unpaired) electrons. The van der Waals surface area contributed by atoms with Crippen LogP contribution in [0.5, 0.6) is 0 Å². The number of aromatic nitrogens is 5. The highest BCUT2D eigenvalue weighted by Crippen LogP contribution is 2.43. The van der Waals surface area contributed by atoms with Crippen LogP contribution >= 0.6 is 0 Å². The van der Waals surface area contributed by atoms with Crippen LogP contribution in [0.4, 0.5) is 10.1 Å². The number of H-pyrrole nitrogens is 1. The molecule has 158 valence electrons. The number of hydrogen-bond acceptors (Lipinski definition) is 6. The first-order valence-corrected chi connectivity index (χ1v) is 10.2. The number of nitrogens with one attached hydrogen (secondary N) is 2. The summed E-state index contributed by atoms with van der Waals surface area (Å²) in [5.41, 5.74) is 2.16. The van der Waals surface area contributed by atoms with Gasteiger partial charge in [-0.3, -0.25) is 4.79 Å². The first kappa shape index (κ1) is 19.4. The SMILES string of the molecule is O=c1[nH]nc2c3c(cccc13)NCC(c1ccc(F)cc1)C2c1ncnn1CCCO. The van der Waals surface area contributed by atoms with Crippen LogP contribution in [0.25, 0.3) is 10.8 Å². The van der Waals surface area contributed by atoms with Gasteiger partial charge in [0.1, 0.15) is 18.0 Å². The van der Waals surface area contributed by atoms with Crippen molar-refractivity contribution in [2.24, 2.45) is 0 Å². The summed E-state index contributed by atoms with van der Waals surface area (Å²) >= 11 is 0. The number of aromatic amines is 1. The number of benzene rings is 2. The van der Waals surface area contributed by atoms with Crippen molar-refractivity contribution >= 4 is 16.5 Å². The summed E-state index contributed by atoms with van der Waals surface area (Å²) in [4.78, 5) is 17.0. The highest BCUT2D eigenvalue weighted by atomic mass is 19.1. The minimum absolute atomic E-state index is 0.0386. The average molecular weight is 420 g/mol. The summed E-state index contributed by atoms with van der Waals surface area (Å²) in [6.07, 6.45) is 2.02. The molecule has 0 saturated heterocycles. The maximum absolute atomic E-state index is 13.6. The van der Waals surface area contributed by atoms with Gasteiger partial charge in [0.15, 0.2) is 0 Å². The Balaban J connectivity index is 1.76. The molecule has 9 heteroatoms. The van der Waals surface area contributed by atoms with Crippen molar-refractivity contribution in [3.8, 4) is 0 Å². The van der Waals surface area contributed by atoms with E-state index in [1.165, 1.54) is 18.5 Å². The fourth-order valence-electron chi connectivity index (χ4n) is 4.37. The normalized spacial score (nSPS) is 18.0. The summed E-state index contributed by atoms with van der Waals surface area (Å²) in [5, 5.41) is 25.5. The Hall–Kier alpha value is -3.59. The van der Waals surface area contributed by atoms with E-state index in [4.69, 9.17) is 0 Å². The fourth-order valence-corrected chi connectivity index (χ4v) is 4.37. The van der Waals surface area contributed by atoms with Gasteiger partial charge < -0.3 is 10.4 Å². The van der Waals surface area contributed by atoms with Crippen LogP contribution in [0.2, 0.25) is 0 Å². The van der Waals surface area contributed by atoms with Crippen molar-refractivity contribution in [3.63, 3.8) is 0 Å². The number of aliphatic hydroxyl groups is 1. The highest BCUT2D eigenvalue weighted by Gasteiger charge is 2.36. The molecule has 0 aliphatic carbocycles. The van der Waals surface area contributed by atoms with E-state index in [9.17, 15) is 14.3 Å². The summed E-state index contributed by atoms with van der Waals surface area (Å²) in [7, 11) is 0. The zero-order valence-corrected chi connectivity index (χ0v) is 16.6. The maximum Gasteiger partial charge on any atom is 0.272 e. The Morgan fingerprint density at radius 3 is 2.84 bits per heavy atom. The average Bonchev–Trinajstić information content (AvgIpc) is 3.18. The van der Waals surface area contributed by atoms with Gasteiger partial charge in [0.2, 0.25) is 0 Å². The number of nitrogens with zero attached hydrogens (tertiary/aromatic N) is 4. The van der Waals surface area contributed by atoms with Gasteiger partial charge >= 0.3 is 0 Å². The van der Waals surface area contributed by atoms with Crippen LogP contribution in [0.15, 0.2) is 53.6 Å². The second-order valence-electron chi connectivity index (χ2n) is 7.60. The lowest BCUT2D eigenvalue weighted by molar-refractivity contribution is 0.275. The van der Waals surface area contributed by atoms with E-state index in [0.717, 1.165) is 16.6 Å². The largest absolute Gasteiger partial charge is 0.396 e. The maximum atomic E-state index is 13.6. The molecule has 5 rings (SSSR count). The molecule has 0 spiro atoms. The molecular formula is C22H21FN6O2. The Morgan fingerprint density at radius 1 is 1.19 bits per heavy atom. The number of rotatable bonds is 5. The number of hydrogen-bond donors (Lipinski definition) is 3. The molecule has 2 aromatic carbocycles. The molecule has 1 aliphatic rings. The zero-order valence-electron chi connectivity index (χ0n) is 16.6. The van der Waals surface area contributed by atoms with E-state index < -0.39 is 0 Å². The van der Waals surface area contributed by atoms with Gasteiger partial charge in [-0.1, -0.05) is 18.2 Å². The molecule has 2 aromatic heterocycles. The molecule has 2 unspecified atom stereocenters. The number of aliphatic hydroxyl groups excluding tert-OH is 1. The minimum Gasteiger partial charge on any atom is -0.396 e. The first-order chi connectivity index (χ1) is 15.2. The van der Waals surface area contributed by atoms with Crippen molar-refractivity contribution in [2.45, 2.75) is 24.8 Å². The molecule has 2 atom stereocenters. The number of aryl methyl sites for hydroxylation is 1. The van der Waals surface area contributed by atoms with Crippen molar-refractivity contribution in [1.29, 1.82) is 0 Å². The van der Waals surface area contributed by atoms with E-state index in [0.29, 0.717) is 36.4 Å². The third-order valence-electron chi connectivity index (χ3n) is 5.80. The van der Waals surface area contributed by atoms with E-state index in [-0.39, 0.29) is 29.8 Å². The summed E-state index contributed by atoms with van der Waals surface area (Å²) in [6.45, 7) is 1.07. The molecule has 4 aromatic rings. The number of anilines is 1. The first-order valence-electron chi connectivity index (χ1n) is 10.2. The van der Waals surface area contributed by atoms with Crippen LogP contribution in [0, 0.1) is 5.82 Å². The van der Waals surface area contributed by atoms with Gasteiger partial charge in [0.05, 0.1) is 17.0 Å². The van der Waals surface area contributed by atoms with E-state index in [1.54, 1.807) is 22.9 Å². The van der Waals surface area contributed by atoms with Crippen molar-refractivity contribution in [2.75, 3.05) is 18.5 Å². The summed E-state index contributed by atoms with van der Waals surface area (Å²) in [6, 6.07) is 11.9. The lowest BCUT2D eigenvalue weighted by atomic mass is 9.82. The second kappa shape index (κ2) is 7.92. The predicted octanol–water partition coefficient (Wildman–Crippen LogP) is 2.38. The predicted molar refractivity (Wildman–Crippen MR) is 114 cm³/mol. The molecule has 3 heterocycles. The fraction of sp³-hybridized carbons (Fsp3) is 0.273. The monoisotopic (exact) mass is 420 g/mol. The van der Waals surface area contributed by atoms with Crippen LogP contribution in [0.1, 0.15) is 35.3 Å². The van der Waals surface area contributed by atoms with Crippen LogP contribution in [0.3, 0.4) is 0 Å². The zero-order chi connectivity index (χ0) is 21.4. The van der Waals surface area contributed by atoms with E-state index in [1.807, 2.05) is 12.1 Å². The molecule has 0 bridgehead atoms. The van der Waals surface area contributed by atoms with E-state index in [2.05, 4.69) is 25.6 Å². The number of halogens is 1. The van der Waals surface area contributed by atoms with Gasteiger partial charge in [-0.2, -0.15) is 10.2 Å². The molecule has 8 nitrogen and oxygen atoms in total. The molecule has 31 heavy (non-hydrogen) atoms. The third-order valence-corrected chi connectivity index (χ3v) is 5.80. The molecule has 0 fully saturated rings. The molecular weight excluding hydrogens is 399 g/mol. The van der Waals surface area contributed by atoms with Crippen LogP contribution in [-0.2, 0) is 6.54 Å². The van der Waals surface area contributed by atoms with Gasteiger partial charge in [-0.05, 0) is 36.2 Å². The Labute approximate surface area is 176 Å².